The van der Waals surface area contributed by atoms with E-state index >= 15 is 0 Å². The molecule has 0 radical (unpaired) electrons. The SMILES string of the molecule is CC(C)(N)CNC(=O)c1ccc(-c2ccccc2Cl)o1. The lowest BCUT2D eigenvalue weighted by atomic mass is 10.1. The summed E-state index contributed by atoms with van der Waals surface area (Å²) in [5.41, 5.74) is 6.11. The van der Waals surface area contributed by atoms with Crippen LogP contribution in [0.4, 0.5) is 0 Å². The zero-order valence-corrected chi connectivity index (χ0v) is 12.2. The number of carbonyl (C=O) groups excluding carboxylic acids is 1. The molecule has 2 aromatic rings. The quantitative estimate of drug-likeness (QED) is 0.910. The van der Waals surface area contributed by atoms with Crippen LogP contribution in [0.5, 0.6) is 0 Å². The summed E-state index contributed by atoms with van der Waals surface area (Å²) in [6, 6.07) is 10.7. The Morgan fingerprint density at radius 3 is 2.65 bits per heavy atom. The predicted octanol–water partition coefficient (Wildman–Crippen LogP) is 3.07. The van der Waals surface area contributed by atoms with Gasteiger partial charge in [0, 0.05) is 17.6 Å². The van der Waals surface area contributed by atoms with Crippen LogP contribution in [0.15, 0.2) is 40.8 Å². The Kier molecular flexibility index (Phi) is 4.16. The van der Waals surface area contributed by atoms with Crippen LogP contribution in [0.25, 0.3) is 11.3 Å². The lowest BCUT2D eigenvalue weighted by molar-refractivity contribution is 0.0919. The third-order valence-corrected chi connectivity index (χ3v) is 3.00. The Balaban J connectivity index is 2.13. The van der Waals surface area contributed by atoms with Gasteiger partial charge in [0.2, 0.25) is 0 Å². The van der Waals surface area contributed by atoms with Crippen molar-refractivity contribution in [3.63, 3.8) is 0 Å². The normalized spacial score (nSPS) is 11.4. The van der Waals surface area contributed by atoms with E-state index in [0.29, 0.717) is 17.3 Å². The van der Waals surface area contributed by atoms with Gasteiger partial charge in [-0.3, -0.25) is 4.79 Å². The minimum Gasteiger partial charge on any atom is -0.451 e. The molecule has 4 nitrogen and oxygen atoms in total. The second-order valence-electron chi connectivity index (χ2n) is 5.32. The van der Waals surface area contributed by atoms with Crippen LogP contribution in [0.2, 0.25) is 5.02 Å². The average molecular weight is 293 g/mol. The molecule has 0 saturated carbocycles. The van der Waals surface area contributed by atoms with Crippen molar-refractivity contribution in [1.29, 1.82) is 0 Å². The molecule has 0 atom stereocenters. The average Bonchev–Trinajstić information content (AvgIpc) is 2.85. The minimum atomic E-state index is -0.464. The van der Waals surface area contributed by atoms with E-state index in [1.54, 1.807) is 18.2 Å². The molecule has 0 aliphatic rings. The first-order valence-electron chi connectivity index (χ1n) is 6.29. The van der Waals surface area contributed by atoms with Crippen molar-refractivity contribution in [2.24, 2.45) is 5.73 Å². The summed E-state index contributed by atoms with van der Waals surface area (Å²) in [5.74, 6) is 0.513. The number of rotatable bonds is 4. The number of hydrogen-bond acceptors (Lipinski definition) is 3. The minimum absolute atomic E-state index is 0.240. The Hall–Kier alpha value is -1.78. The summed E-state index contributed by atoms with van der Waals surface area (Å²) >= 11 is 6.09. The van der Waals surface area contributed by atoms with Gasteiger partial charge in [-0.05, 0) is 38.1 Å². The molecule has 0 spiro atoms. The number of hydrogen-bond donors (Lipinski definition) is 2. The molecule has 1 heterocycles. The Bertz CT molecular complexity index is 614. The molecular weight excluding hydrogens is 276 g/mol. The number of nitrogens with one attached hydrogen (secondary N) is 1. The molecule has 106 valence electrons. The first kappa shape index (κ1) is 14.6. The Morgan fingerprint density at radius 2 is 2.00 bits per heavy atom. The van der Waals surface area contributed by atoms with E-state index in [1.165, 1.54) is 0 Å². The van der Waals surface area contributed by atoms with E-state index in [0.717, 1.165) is 5.56 Å². The predicted molar refractivity (Wildman–Crippen MR) is 79.8 cm³/mol. The van der Waals surface area contributed by atoms with Crippen LogP contribution in [0.1, 0.15) is 24.4 Å². The van der Waals surface area contributed by atoms with Crippen LogP contribution < -0.4 is 11.1 Å². The highest BCUT2D eigenvalue weighted by molar-refractivity contribution is 6.33. The van der Waals surface area contributed by atoms with Crippen LogP contribution >= 0.6 is 11.6 Å². The molecule has 0 unspecified atom stereocenters. The van der Waals surface area contributed by atoms with Crippen molar-refractivity contribution in [3.8, 4) is 11.3 Å². The van der Waals surface area contributed by atoms with Gasteiger partial charge in [0.05, 0.1) is 5.02 Å². The summed E-state index contributed by atoms with van der Waals surface area (Å²) < 4.78 is 5.54. The maximum atomic E-state index is 11.9. The summed E-state index contributed by atoms with van der Waals surface area (Å²) in [6.07, 6.45) is 0. The monoisotopic (exact) mass is 292 g/mol. The topological polar surface area (TPSA) is 68.3 Å². The lowest BCUT2D eigenvalue weighted by Gasteiger charge is -2.18. The van der Waals surface area contributed by atoms with Gasteiger partial charge < -0.3 is 15.5 Å². The molecule has 2 rings (SSSR count). The number of nitrogens with two attached hydrogens (primary N) is 1. The van der Waals surface area contributed by atoms with E-state index in [1.807, 2.05) is 32.0 Å². The van der Waals surface area contributed by atoms with Crippen LogP contribution in [0, 0.1) is 0 Å². The van der Waals surface area contributed by atoms with E-state index in [4.69, 9.17) is 21.8 Å². The van der Waals surface area contributed by atoms with E-state index < -0.39 is 5.54 Å². The third-order valence-electron chi connectivity index (χ3n) is 2.67. The molecule has 1 aromatic carbocycles. The van der Waals surface area contributed by atoms with Crippen LogP contribution in [0.3, 0.4) is 0 Å². The lowest BCUT2D eigenvalue weighted by Crippen LogP contribution is -2.45. The first-order chi connectivity index (χ1) is 9.37. The van der Waals surface area contributed by atoms with Gasteiger partial charge in [0.1, 0.15) is 5.76 Å². The molecule has 0 saturated heterocycles. The van der Waals surface area contributed by atoms with E-state index in [2.05, 4.69) is 5.32 Å². The van der Waals surface area contributed by atoms with Gasteiger partial charge in [-0.25, -0.2) is 0 Å². The molecule has 0 aliphatic carbocycles. The molecule has 0 aliphatic heterocycles. The van der Waals surface area contributed by atoms with E-state index in [-0.39, 0.29) is 11.7 Å². The van der Waals surface area contributed by atoms with Gasteiger partial charge in [0.25, 0.3) is 5.91 Å². The second-order valence-corrected chi connectivity index (χ2v) is 5.72. The fourth-order valence-corrected chi connectivity index (χ4v) is 1.89. The number of benzene rings is 1. The third kappa shape index (κ3) is 3.62. The largest absolute Gasteiger partial charge is 0.451 e. The fraction of sp³-hybridized carbons (Fsp3) is 0.267. The molecule has 0 bridgehead atoms. The van der Waals surface area contributed by atoms with Gasteiger partial charge in [0.15, 0.2) is 5.76 Å². The van der Waals surface area contributed by atoms with Crippen molar-refractivity contribution >= 4 is 17.5 Å². The summed E-state index contributed by atoms with van der Waals surface area (Å²) in [4.78, 5) is 11.9. The van der Waals surface area contributed by atoms with Crippen molar-refractivity contribution in [3.05, 3.63) is 47.2 Å². The van der Waals surface area contributed by atoms with Gasteiger partial charge in [-0.1, -0.05) is 23.7 Å². The Morgan fingerprint density at radius 1 is 1.30 bits per heavy atom. The molecule has 3 N–H and O–H groups in total. The highest BCUT2D eigenvalue weighted by atomic mass is 35.5. The highest BCUT2D eigenvalue weighted by Gasteiger charge is 2.16. The number of halogens is 1. The van der Waals surface area contributed by atoms with Crippen molar-refractivity contribution in [1.82, 2.24) is 5.32 Å². The number of furan rings is 1. The maximum absolute atomic E-state index is 11.9. The zero-order valence-electron chi connectivity index (χ0n) is 11.4. The van der Waals surface area contributed by atoms with Gasteiger partial charge in [-0.2, -0.15) is 0 Å². The Labute approximate surface area is 122 Å². The van der Waals surface area contributed by atoms with Crippen molar-refractivity contribution < 1.29 is 9.21 Å². The number of amides is 1. The zero-order chi connectivity index (χ0) is 14.8. The first-order valence-corrected chi connectivity index (χ1v) is 6.66. The highest BCUT2D eigenvalue weighted by Crippen LogP contribution is 2.28. The molecule has 0 fully saturated rings. The van der Waals surface area contributed by atoms with Crippen LogP contribution in [-0.2, 0) is 0 Å². The molecular formula is C15H17ClN2O2. The molecule has 1 amide bonds. The molecule has 1 aromatic heterocycles. The fourth-order valence-electron chi connectivity index (χ4n) is 1.66. The standard InChI is InChI=1S/C15H17ClN2O2/c1-15(2,17)9-18-14(19)13-8-7-12(20-13)10-5-3-4-6-11(10)16/h3-8H,9,17H2,1-2H3,(H,18,19). The van der Waals surface area contributed by atoms with Gasteiger partial charge >= 0.3 is 0 Å². The second kappa shape index (κ2) is 5.69. The van der Waals surface area contributed by atoms with Gasteiger partial charge in [-0.15, -0.1) is 0 Å². The smallest absolute Gasteiger partial charge is 0.287 e. The van der Waals surface area contributed by atoms with Crippen LogP contribution in [-0.4, -0.2) is 18.0 Å². The molecule has 20 heavy (non-hydrogen) atoms. The number of carbonyl (C=O) groups is 1. The molecule has 5 heteroatoms. The van der Waals surface area contributed by atoms with Crippen molar-refractivity contribution in [2.45, 2.75) is 19.4 Å². The maximum Gasteiger partial charge on any atom is 0.287 e. The summed E-state index contributed by atoms with van der Waals surface area (Å²) in [5, 5.41) is 3.31. The summed E-state index contributed by atoms with van der Waals surface area (Å²) in [6.45, 7) is 4.04. The van der Waals surface area contributed by atoms with E-state index in [9.17, 15) is 4.79 Å². The summed E-state index contributed by atoms with van der Waals surface area (Å²) in [7, 11) is 0. The van der Waals surface area contributed by atoms with Crippen molar-refractivity contribution in [2.75, 3.05) is 6.54 Å².